The van der Waals surface area contributed by atoms with Gasteiger partial charge in [-0.25, -0.2) is 17.8 Å². The second-order valence-electron chi connectivity index (χ2n) is 5.80. The molecule has 2 aromatic rings. The number of aromatic amines is 1. The van der Waals surface area contributed by atoms with Crippen LogP contribution in [0, 0.1) is 5.82 Å². The third-order valence-electron chi connectivity index (χ3n) is 4.07. The maximum atomic E-state index is 13.7. The molecule has 0 saturated carbocycles. The van der Waals surface area contributed by atoms with E-state index in [1.165, 1.54) is 11.0 Å². The van der Waals surface area contributed by atoms with Gasteiger partial charge in [0.2, 0.25) is 11.1 Å². The number of aromatic nitrogens is 3. The van der Waals surface area contributed by atoms with E-state index in [9.17, 15) is 17.6 Å². The lowest BCUT2D eigenvalue weighted by molar-refractivity contribution is -0.128. The molecule has 1 saturated heterocycles. The van der Waals surface area contributed by atoms with Crippen LogP contribution in [0.3, 0.4) is 0 Å². The van der Waals surface area contributed by atoms with Crippen LogP contribution in [-0.4, -0.2) is 64.8 Å². The predicted octanol–water partition coefficient (Wildman–Crippen LogP) is 1.35. The van der Waals surface area contributed by atoms with Crippen LogP contribution >= 0.6 is 11.8 Å². The SMILES string of the molecule is CN(C(=O)CSc1n[nH]c(-c2ccccc2F)n1)[C@H]1CCS(=O)(=O)C1. The number of H-pyrrole nitrogens is 1. The molecule has 2 heterocycles. The van der Waals surface area contributed by atoms with Crippen LogP contribution < -0.4 is 0 Å². The Morgan fingerprint density at radius 2 is 2.20 bits per heavy atom. The number of hydrogen-bond donors (Lipinski definition) is 1. The summed E-state index contributed by atoms with van der Waals surface area (Å²) < 4.78 is 36.8. The fourth-order valence-electron chi connectivity index (χ4n) is 2.60. The summed E-state index contributed by atoms with van der Waals surface area (Å²) in [6.07, 6.45) is 0.466. The molecule has 1 amide bonds. The third-order valence-corrected chi connectivity index (χ3v) is 6.65. The summed E-state index contributed by atoms with van der Waals surface area (Å²) in [4.78, 5) is 17.9. The van der Waals surface area contributed by atoms with Crippen LogP contribution in [0.5, 0.6) is 0 Å². The van der Waals surface area contributed by atoms with Crippen molar-refractivity contribution >= 4 is 27.5 Å². The van der Waals surface area contributed by atoms with Crippen molar-refractivity contribution in [1.82, 2.24) is 20.1 Å². The van der Waals surface area contributed by atoms with E-state index in [1.807, 2.05) is 0 Å². The van der Waals surface area contributed by atoms with Crippen molar-refractivity contribution in [2.45, 2.75) is 17.6 Å². The molecule has 7 nitrogen and oxygen atoms in total. The van der Waals surface area contributed by atoms with Gasteiger partial charge in [-0.3, -0.25) is 9.89 Å². The molecular formula is C15H17FN4O3S2. The molecule has 0 radical (unpaired) electrons. The van der Waals surface area contributed by atoms with E-state index in [2.05, 4.69) is 15.2 Å². The lowest BCUT2D eigenvalue weighted by Crippen LogP contribution is -2.38. The number of nitrogens with zero attached hydrogens (tertiary/aromatic N) is 3. The van der Waals surface area contributed by atoms with Gasteiger partial charge in [0.15, 0.2) is 15.7 Å². The first-order valence-electron chi connectivity index (χ1n) is 7.62. The van der Waals surface area contributed by atoms with Crippen molar-refractivity contribution in [3.63, 3.8) is 0 Å². The molecule has 1 aliphatic heterocycles. The average Bonchev–Trinajstić information content (AvgIpc) is 3.18. The number of halogens is 1. The van der Waals surface area contributed by atoms with E-state index in [-0.39, 0.29) is 29.2 Å². The van der Waals surface area contributed by atoms with Crippen LogP contribution in [-0.2, 0) is 14.6 Å². The number of thioether (sulfide) groups is 1. The van der Waals surface area contributed by atoms with Gasteiger partial charge in [0.1, 0.15) is 5.82 Å². The normalized spacial score (nSPS) is 19.0. The quantitative estimate of drug-likeness (QED) is 0.782. The molecule has 1 aromatic carbocycles. The first-order chi connectivity index (χ1) is 11.9. The van der Waals surface area contributed by atoms with E-state index in [4.69, 9.17) is 0 Å². The highest BCUT2D eigenvalue weighted by Gasteiger charge is 2.32. The van der Waals surface area contributed by atoms with Crippen molar-refractivity contribution < 1.29 is 17.6 Å². The van der Waals surface area contributed by atoms with Gasteiger partial charge in [-0.05, 0) is 18.6 Å². The van der Waals surface area contributed by atoms with E-state index < -0.39 is 15.7 Å². The Morgan fingerprint density at radius 1 is 1.44 bits per heavy atom. The highest BCUT2D eigenvalue weighted by atomic mass is 32.2. The molecule has 134 valence electrons. The Kier molecular flexibility index (Phi) is 5.09. The first kappa shape index (κ1) is 17.9. The van der Waals surface area contributed by atoms with Crippen LogP contribution in [0.25, 0.3) is 11.4 Å². The molecule has 0 spiro atoms. The smallest absolute Gasteiger partial charge is 0.233 e. The Hall–Kier alpha value is -1.94. The van der Waals surface area contributed by atoms with Crippen molar-refractivity contribution in [2.24, 2.45) is 0 Å². The largest absolute Gasteiger partial charge is 0.341 e. The third kappa shape index (κ3) is 4.18. The molecule has 0 bridgehead atoms. The Morgan fingerprint density at radius 3 is 2.88 bits per heavy atom. The van der Waals surface area contributed by atoms with Gasteiger partial charge in [0.25, 0.3) is 0 Å². The molecule has 1 aliphatic rings. The van der Waals surface area contributed by atoms with Crippen molar-refractivity contribution in [3.05, 3.63) is 30.1 Å². The molecular weight excluding hydrogens is 367 g/mol. The van der Waals surface area contributed by atoms with Gasteiger partial charge in [-0.1, -0.05) is 23.9 Å². The zero-order valence-corrected chi connectivity index (χ0v) is 15.1. The fourth-order valence-corrected chi connectivity index (χ4v) is 5.09. The molecule has 25 heavy (non-hydrogen) atoms. The number of nitrogens with one attached hydrogen (secondary N) is 1. The summed E-state index contributed by atoms with van der Waals surface area (Å²) >= 11 is 1.12. The highest BCUT2D eigenvalue weighted by molar-refractivity contribution is 7.99. The Balaban J connectivity index is 1.59. The second kappa shape index (κ2) is 7.12. The summed E-state index contributed by atoms with van der Waals surface area (Å²) in [5.41, 5.74) is 0.307. The molecule has 1 fully saturated rings. The Labute approximate surface area is 148 Å². The van der Waals surface area contributed by atoms with Crippen LogP contribution in [0.15, 0.2) is 29.4 Å². The number of hydrogen-bond acceptors (Lipinski definition) is 6. The standard InChI is InChI=1S/C15H17FN4O3S2/c1-20(10-6-7-25(22,23)9-10)13(21)8-24-15-17-14(18-19-15)11-4-2-3-5-12(11)16/h2-5,10H,6-9H2,1H3,(H,17,18,19)/t10-/m0/s1. The molecule has 1 N–H and O–H groups in total. The second-order valence-corrected chi connectivity index (χ2v) is 8.97. The minimum atomic E-state index is -3.04. The average molecular weight is 384 g/mol. The topological polar surface area (TPSA) is 96.0 Å². The summed E-state index contributed by atoms with van der Waals surface area (Å²) in [5, 5.41) is 6.97. The maximum absolute atomic E-state index is 13.7. The zero-order chi connectivity index (χ0) is 18.0. The minimum absolute atomic E-state index is 0.0119. The Bertz CT molecular complexity index is 884. The van der Waals surface area contributed by atoms with Crippen LogP contribution in [0.4, 0.5) is 4.39 Å². The molecule has 1 atom stereocenters. The summed E-state index contributed by atoms with van der Waals surface area (Å²) in [7, 11) is -1.43. The molecule has 0 unspecified atom stereocenters. The number of carbonyl (C=O) groups is 1. The van der Waals surface area contributed by atoms with Gasteiger partial charge >= 0.3 is 0 Å². The van der Waals surface area contributed by atoms with E-state index in [1.54, 1.807) is 25.2 Å². The highest BCUT2D eigenvalue weighted by Crippen LogP contribution is 2.22. The maximum Gasteiger partial charge on any atom is 0.233 e. The molecule has 1 aromatic heterocycles. The van der Waals surface area contributed by atoms with Crippen LogP contribution in [0.2, 0.25) is 0 Å². The van der Waals surface area contributed by atoms with Gasteiger partial charge < -0.3 is 4.90 Å². The van der Waals surface area contributed by atoms with Gasteiger partial charge in [0.05, 0.1) is 22.8 Å². The summed E-state index contributed by atoms with van der Waals surface area (Å²) in [5.74, 6) is -0.0873. The summed E-state index contributed by atoms with van der Waals surface area (Å²) in [6.45, 7) is 0. The van der Waals surface area contributed by atoms with E-state index >= 15 is 0 Å². The van der Waals surface area contributed by atoms with Gasteiger partial charge in [0, 0.05) is 13.1 Å². The van der Waals surface area contributed by atoms with Crippen LogP contribution in [0.1, 0.15) is 6.42 Å². The lowest BCUT2D eigenvalue weighted by atomic mass is 10.2. The predicted molar refractivity (Wildman–Crippen MR) is 92.3 cm³/mol. The minimum Gasteiger partial charge on any atom is -0.341 e. The fraction of sp³-hybridized carbons (Fsp3) is 0.400. The van der Waals surface area contributed by atoms with Gasteiger partial charge in [-0.15, -0.1) is 5.10 Å². The van der Waals surface area contributed by atoms with Gasteiger partial charge in [-0.2, -0.15) is 0 Å². The van der Waals surface area contributed by atoms with Crippen molar-refractivity contribution in [3.8, 4) is 11.4 Å². The van der Waals surface area contributed by atoms with E-state index in [0.717, 1.165) is 11.8 Å². The lowest BCUT2D eigenvalue weighted by Gasteiger charge is -2.22. The number of sulfone groups is 1. The molecule has 10 heteroatoms. The summed E-state index contributed by atoms with van der Waals surface area (Å²) in [6, 6.07) is 5.92. The number of rotatable bonds is 5. The first-order valence-corrected chi connectivity index (χ1v) is 10.4. The van der Waals surface area contributed by atoms with E-state index in [0.29, 0.717) is 23.0 Å². The number of amides is 1. The number of benzene rings is 1. The molecule has 0 aliphatic carbocycles. The number of carbonyl (C=O) groups excluding carboxylic acids is 1. The zero-order valence-electron chi connectivity index (χ0n) is 13.5. The molecule has 3 rings (SSSR count). The van der Waals surface area contributed by atoms with Crippen molar-refractivity contribution in [1.29, 1.82) is 0 Å². The van der Waals surface area contributed by atoms with Crippen molar-refractivity contribution in [2.75, 3.05) is 24.3 Å². The monoisotopic (exact) mass is 384 g/mol.